The van der Waals surface area contributed by atoms with Gasteiger partial charge >= 0.3 is 5.69 Å². The molecule has 21 heavy (non-hydrogen) atoms. The third-order valence-electron chi connectivity index (χ3n) is 3.52. The molecule has 0 aliphatic heterocycles. The Balaban J connectivity index is 1.93. The van der Waals surface area contributed by atoms with E-state index in [9.17, 15) is 4.79 Å². The minimum atomic E-state index is -0.101. The first-order chi connectivity index (χ1) is 10.1. The van der Waals surface area contributed by atoms with Crippen LogP contribution in [-0.2, 0) is 13.6 Å². The molecule has 0 aliphatic rings. The predicted octanol–water partition coefficient (Wildman–Crippen LogP) is 0.555. The van der Waals surface area contributed by atoms with Crippen molar-refractivity contribution in [3.8, 4) is 11.1 Å². The zero-order valence-electron chi connectivity index (χ0n) is 12.2. The highest BCUT2D eigenvalue weighted by molar-refractivity contribution is 6.32. The summed E-state index contributed by atoms with van der Waals surface area (Å²) in [6.07, 6.45) is 1.57. The third kappa shape index (κ3) is 2.82. The fraction of sp³-hybridized carbons (Fsp3) is 0.125. The SMILES string of the molecule is Bc1cccc(-c2cccc(Cn3cnn(C)c3=O)c2)c1. The van der Waals surface area contributed by atoms with E-state index in [4.69, 9.17) is 0 Å². The molecule has 0 unspecified atom stereocenters. The first kappa shape index (κ1) is 13.4. The molecule has 0 saturated heterocycles. The van der Waals surface area contributed by atoms with Gasteiger partial charge in [0.2, 0.25) is 0 Å². The van der Waals surface area contributed by atoms with Crippen molar-refractivity contribution < 1.29 is 0 Å². The zero-order chi connectivity index (χ0) is 14.8. The average Bonchev–Trinajstić information content (AvgIpc) is 2.80. The van der Waals surface area contributed by atoms with Crippen LogP contribution in [0.25, 0.3) is 11.1 Å². The first-order valence-electron chi connectivity index (χ1n) is 6.88. The number of hydrogen-bond acceptors (Lipinski definition) is 2. The van der Waals surface area contributed by atoms with Crippen LogP contribution in [0.3, 0.4) is 0 Å². The van der Waals surface area contributed by atoms with Crippen LogP contribution in [-0.4, -0.2) is 22.2 Å². The number of aryl methyl sites for hydroxylation is 1. The van der Waals surface area contributed by atoms with Crippen molar-refractivity contribution >= 4 is 13.3 Å². The Kier molecular flexibility index (Phi) is 3.48. The molecule has 104 valence electrons. The Morgan fingerprint density at radius 3 is 2.48 bits per heavy atom. The quantitative estimate of drug-likeness (QED) is 0.656. The monoisotopic (exact) mass is 277 g/mol. The summed E-state index contributed by atoms with van der Waals surface area (Å²) in [7, 11) is 3.74. The predicted molar refractivity (Wildman–Crippen MR) is 86.6 cm³/mol. The van der Waals surface area contributed by atoms with Crippen LogP contribution >= 0.6 is 0 Å². The minimum Gasteiger partial charge on any atom is -0.277 e. The van der Waals surface area contributed by atoms with Crippen LogP contribution in [0.4, 0.5) is 0 Å². The highest BCUT2D eigenvalue weighted by atomic mass is 16.2. The van der Waals surface area contributed by atoms with Gasteiger partial charge in [-0.1, -0.05) is 47.9 Å². The first-order valence-corrected chi connectivity index (χ1v) is 6.88. The molecule has 0 atom stereocenters. The van der Waals surface area contributed by atoms with Gasteiger partial charge in [0.05, 0.1) is 6.54 Å². The summed E-state index contributed by atoms with van der Waals surface area (Å²) in [6, 6.07) is 16.7. The summed E-state index contributed by atoms with van der Waals surface area (Å²) in [5, 5.41) is 3.97. The molecular weight excluding hydrogens is 261 g/mol. The molecule has 1 aromatic heterocycles. The number of hydrogen-bond donors (Lipinski definition) is 0. The van der Waals surface area contributed by atoms with Crippen molar-refractivity contribution in [2.45, 2.75) is 6.54 Å². The van der Waals surface area contributed by atoms with Crippen LogP contribution in [0.15, 0.2) is 59.7 Å². The van der Waals surface area contributed by atoms with Gasteiger partial charge in [-0.15, -0.1) is 0 Å². The third-order valence-corrected chi connectivity index (χ3v) is 3.52. The summed E-state index contributed by atoms with van der Waals surface area (Å²) in [5.74, 6) is 0. The molecule has 0 amide bonds. The molecule has 2 aromatic carbocycles. The van der Waals surface area contributed by atoms with Gasteiger partial charge in [-0.3, -0.25) is 4.57 Å². The van der Waals surface area contributed by atoms with E-state index in [-0.39, 0.29) is 5.69 Å². The summed E-state index contributed by atoms with van der Waals surface area (Å²) in [4.78, 5) is 11.8. The number of nitrogens with zero attached hydrogens (tertiary/aromatic N) is 3. The summed E-state index contributed by atoms with van der Waals surface area (Å²) in [5.41, 5.74) is 4.57. The Hall–Kier alpha value is -2.56. The topological polar surface area (TPSA) is 39.8 Å². The van der Waals surface area contributed by atoms with Crippen molar-refractivity contribution in [3.63, 3.8) is 0 Å². The molecule has 4 nitrogen and oxygen atoms in total. The van der Waals surface area contributed by atoms with Crippen LogP contribution in [0.5, 0.6) is 0 Å². The van der Waals surface area contributed by atoms with Gasteiger partial charge in [-0.05, 0) is 22.8 Å². The van der Waals surface area contributed by atoms with E-state index in [1.54, 1.807) is 17.9 Å². The van der Waals surface area contributed by atoms with Gasteiger partial charge in [0.25, 0.3) is 0 Å². The van der Waals surface area contributed by atoms with Gasteiger partial charge in [-0.25, -0.2) is 9.48 Å². The molecule has 0 N–H and O–H groups in total. The minimum absolute atomic E-state index is 0.101. The van der Waals surface area contributed by atoms with E-state index in [1.165, 1.54) is 15.7 Å². The van der Waals surface area contributed by atoms with Gasteiger partial charge in [0.1, 0.15) is 14.2 Å². The lowest BCUT2D eigenvalue weighted by Crippen LogP contribution is -2.22. The maximum atomic E-state index is 11.8. The Morgan fingerprint density at radius 1 is 1.10 bits per heavy atom. The van der Waals surface area contributed by atoms with Crippen LogP contribution in [0.2, 0.25) is 0 Å². The van der Waals surface area contributed by atoms with E-state index in [2.05, 4.69) is 49.3 Å². The second-order valence-corrected chi connectivity index (χ2v) is 5.23. The summed E-state index contributed by atoms with van der Waals surface area (Å²) < 4.78 is 2.94. The maximum Gasteiger partial charge on any atom is 0.345 e. The second kappa shape index (κ2) is 5.44. The lowest BCUT2D eigenvalue weighted by Gasteiger charge is -2.06. The van der Waals surface area contributed by atoms with Gasteiger partial charge in [0.15, 0.2) is 0 Å². The van der Waals surface area contributed by atoms with Crippen LogP contribution in [0, 0.1) is 0 Å². The maximum absolute atomic E-state index is 11.8. The Labute approximate surface area is 124 Å². The lowest BCUT2D eigenvalue weighted by atomic mass is 9.92. The van der Waals surface area contributed by atoms with Gasteiger partial charge in [-0.2, -0.15) is 5.10 Å². The highest BCUT2D eigenvalue weighted by Crippen LogP contribution is 2.19. The van der Waals surface area contributed by atoms with E-state index in [0.29, 0.717) is 6.54 Å². The molecule has 3 aromatic rings. The normalized spacial score (nSPS) is 10.7. The lowest BCUT2D eigenvalue weighted by molar-refractivity contribution is 0.691. The standard InChI is InChI=1S/C16H16BN3O/c1-19-16(21)20(11-18-19)10-12-4-2-5-13(8-12)14-6-3-7-15(17)9-14/h2-9,11H,10,17H2,1H3. The molecule has 5 heteroatoms. The van der Waals surface area contributed by atoms with E-state index < -0.39 is 0 Å². The summed E-state index contributed by atoms with van der Waals surface area (Å²) in [6.45, 7) is 0.534. The fourth-order valence-electron chi connectivity index (χ4n) is 2.40. The molecular formula is C16H16BN3O. The van der Waals surface area contributed by atoms with Gasteiger partial charge < -0.3 is 0 Å². The van der Waals surface area contributed by atoms with E-state index in [1.807, 2.05) is 12.1 Å². The Bertz CT molecular complexity index is 835. The smallest absolute Gasteiger partial charge is 0.277 e. The number of benzene rings is 2. The molecule has 0 spiro atoms. The summed E-state index contributed by atoms with van der Waals surface area (Å²) >= 11 is 0. The van der Waals surface area contributed by atoms with E-state index >= 15 is 0 Å². The van der Waals surface area contributed by atoms with Crippen molar-refractivity contribution in [2.75, 3.05) is 0 Å². The van der Waals surface area contributed by atoms with Crippen molar-refractivity contribution in [3.05, 3.63) is 70.9 Å². The van der Waals surface area contributed by atoms with E-state index in [0.717, 1.165) is 11.1 Å². The van der Waals surface area contributed by atoms with Gasteiger partial charge in [0, 0.05) is 7.05 Å². The largest absolute Gasteiger partial charge is 0.345 e. The molecule has 1 heterocycles. The molecule has 0 radical (unpaired) electrons. The molecule has 0 fully saturated rings. The Morgan fingerprint density at radius 2 is 1.81 bits per heavy atom. The van der Waals surface area contributed by atoms with Crippen molar-refractivity contribution in [2.24, 2.45) is 7.05 Å². The fourth-order valence-corrected chi connectivity index (χ4v) is 2.40. The van der Waals surface area contributed by atoms with Crippen LogP contribution in [0.1, 0.15) is 5.56 Å². The van der Waals surface area contributed by atoms with Crippen molar-refractivity contribution in [1.29, 1.82) is 0 Å². The molecule has 0 bridgehead atoms. The number of aromatic nitrogens is 3. The highest BCUT2D eigenvalue weighted by Gasteiger charge is 2.04. The zero-order valence-corrected chi connectivity index (χ0v) is 12.2. The molecule has 0 saturated carbocycles. The molecule has 3 rings (SSSR count). The van der Waals surface area contributed by atoms with Crippen molar-refractivity contribution in [1.82, 2.24) is 14.3 Å². The number of rotatable bonds is 3. The molecule has 0 aliphatic carbocycles. The van der Waals surface area contributed by atoms with Crippen LogP contribution < -0.4 is 11.2 Å². The second-order valence-electron chi connectivity index (χ2n) is 5.23. The average molecular weight is 277 g/mol.